The third-order valence-corrected chi connectivity index (χ3v) is 5.36. The summed E-state index contributed by atoms with van der Waals surface area (Å²) in [5.74, 6) is 1.01. The van der Waals surface area contributed by atoms with Gasteiger partial charge in [-0.3, -0.25) is 4.79 Å². The minimum atomic E-state index is -3.51. The van der Waals surface area contributed by atoms with Gasteiger partial charge < -0.3 is 14.4 Å². The van der Waals surface area contributed by atoms with Gasteiger partial charge in [-0.15, -0.1) is 0 Å². The number of sulfone groups is 1. The lowest BCUT2D eigenvalue weighted by Gasteiger charge is -2.18. The number of hydrogen-bond acceptors (Lipinski definition) is 5. The van der Waals surface area contributed by atoms with Gasteiger partial charge in [0.15, 0.2) is 21.3 Å². The molecule has 0 saturated carbocycles. The van der Waals surface area contributed by atoms with Gasteiger partial charge in [0, 0.05) is 25.4 Å². The number of amides is 1. The smallest absolute Gasteiger partial charge is 0.253 e. The van der Waals surface area contributed by atoms with Crippen molar-refractivity contribution < 1.29 is 22.7 Å². The second kappa shape index (κ2) is 6.57. The molecule has 1 heterocycles. The lowest BCUT2D eigenvalue weighted by Crippen LogP contribution is -2.26. The van der Waals surface area contributed by atoms with Crippen LogP contribution < -0.4 is 9.47 Å². The zero-order chi connectivity index (χ0) is 18.2. The second-order valence-corrected chi connectivity index (χ2v) is 8.16. The van der Waals surface area contributed by atoms with Crippen LogP contribution in [0.25, 0.3) is 0 Å². The fourth-order valence-electron chi connectivity index (χ4n) is 2.53. The summed E-state index contributed by atoms with van der Waals surface area (Å²) in [6, 6.07) is 9.68. The lowest BCUT2D eigenvalue weighted by molar-refractivity contribution is 0.0784. The summed E-state index contributed by atoms with van der Waals surface area (Å²) in [6.07, 6.45) is 1.05. The molecule has 0 N–H and O–H groups in total. The van der Waals surface area contributed by atoms with E-state index < -0.39 is 9.84 Å². The van der Waals surface area contributed by atoms with Crippen molar-refractivity contribution in [2.75, 3.05) is 20.1 Å². The van der Waals surface area contributed by atoms with Gasteiger partial charge >= 0.3 is 0 Å². The van der Waals surface area contributed by atoms with Crippen molar-refractivity contribution in [2.45, 2.75) is 11.4 Å². The molecule has 2 aromatic rings. The molecule has 0 bridgehead atoms. The Bertz CT molecular complexity index is 942. The Morgan fingerprint density at radius 1 is 1.16 bits per heavy atom. The highest BCUT2D eigenvalue weighted by molar-refractivity contribution is 7.90. The summed E-state index contributed by atoms with van der Waals surface area (Å²) >= 11 is 5.92. The van der Waals surface area contributed by atoms with E-state index in [0.29, 0.717) is 18.0 Å². The molecule has 0 unspecified atom stereocenters. The van der Waals surface area contributed by atoms with E-state index in [0.717, 1.165) is 11.8 Å². The van der Waals surface area contributed by atoms with Crippen LogP contribution in [0.3, 0.4) is 0 Å². The highest BCUT2D eigenvalue weighted by atomic mass is 35.5. The Balaban J connectivity index is 1.81. The standard InChI is InChI=1S/C17H16ClNO5S/c1-19(9-11-3-6-14-15(7-11)24-10-23-14)17(20)12-4-5-13(18)16(8-12)25(2,21)22/h3-8H,9-10H2,1-2H3. The topological polar surface area (TPSA) is 72.9 Å². The van der Waals surface area contributed by atoms with E-state index in [4.69, 9.17) is 21.1 Å². The Hall–Kier alpha value is -2.25. The molecule has 0 radical (unpaired) electrons. The van der Waals surface area contributed by atoms with E-state index in [-0.39, 0.29) is 28.2 Å². The van der Waals surface area contributed by atoms with Crippen molar-refractivity contribution in [3.63, 3.8) is 0 Å². The molecule has 0 fully saturated rings. The van der Waals surface area contributed by atoms with Gasteiger partial charge in [-0.25, -0.2) is 8.42 Å². The maximum Gasteiger partial charge on any atom is 0.253 e. The number of halogens is 1. The molecule has 1 aliphatic rings. The number of carbonyl (C=O) groups is 1. The molecule has 0 spiro atoms. The Morgan fingerprint density at radius 3 is 2.60 bits per heavy atom. The molecule has 1 aliphatic heterocycles. The first-order valence-corrected chi connectivity index (χ1v) is 9.66. The number of nitrogens with zero attached hydrogens (tertiary/aromatic N) is 1. The van der Waals surface area contributed by atoms with Crippen molar-refractivity contribution in [2.24, 2.45) is 0 Å². The fraction of sp³-hybridized carbons (Fsp3) is 0.235. The lowest BCUT2D eigenvalue weighted by atomic mass is 10.1. The molecule has 1 amide bonds. The predicted molar refractivity (Wildman–Crippen MR) is 92.9 cm³/mol. The number of fused-ring (bicyclic) bond motifs is 1. The first kappa shape index (κ1) is 17.6. The molecule has 25 heavy (non-hydrogen) atoms. The quantitative estimate of drug-likeness (QED) is 0.814. The molecule has 0 atom stereocenters. The second-order valence-electron chi connectivity index (χ2n) is 5.77. The van der Waals surface area contributed by atoms with E-state index in [1.54, 1.807) is 13.1 Å². The van der Waals surface area contributed by atoms with Gasteiger partial charge in [0.05, 0.1) is 9.92 Å². The summed E-state index contributed by atoms with van der Waals surface area (Å²) in [5, 5.41) is 0.0949. The minimum Gasteiger partial charge on any atom is -0.454 e. The summed E-state index contributed by atoms with van der Waals surface area (Å²) in [7, 11) is -1.87. The van der Waals surface area contributed by atoms with Gasteiger partial charge in [0.25, 0.3) is 5.91 Å². The van der Waals surface area contributed by atoms with Crippen LogP contribution in [-0.4, -0.2) is 39.3 Å². The zero-order valence-electron chi connectivity index (χ0n) is 13.7. The third kappa shape index (κ3) is 3.72. The van der Waals surface area contributed by atoms with Crippen LogP contribution in [0.4, 0.5) is 0 Å². The van der Waals surface area contributed by atoms with Gasteiger partial charge in [-0.2, -0.15) is 0 Å². The molecule has 2 aromatic carbocycles. The molecular formula is C17H16ClNO5S. The first-order chi connectivity index (χ1) is 11.8. The number of hydrogen-bond donors (Lipinski definition) is 0. The van der Waals surface area contributed by atoms with Crippen LogP contribution in [0.15, 0.2) is 41.3 Å². The zero-order valence-corrected chi connectivity index (χ0v) is 15.2. The van der Waals surface area contributed by atoms with Gasteiger partial charge in [0.2, 0.25) is 6.79 Å². The van der Waals surface area contributed by atoms with Crippen LogP contribution >= 0.6 is 11.6 Å². The molecule has 8 heteroatoms. The van der Waals surface area contributed by atoms with Crippen molar-refractivity contribution in [3.8, 4) is 11.5 Å². The number of rotatable bonds is 4. The summed E-state index contributed by atoms with van der Waals surface area (Å²) in [5.41, 5.74) is 1.13. The van der Waals surface area contributed by atoms with Gasteiger partial charge in [0.1, 0.15) is 0 Å². The van der Waals surface area contributed by atoms with Crippen molar-refractivity contribution in [1.82, 2.24) is 4.90 Å². The average Bonchev–Trinajstić information content (AvgIpc) is 3.01. The maximum absolute atomic E-state index is 12.6. The van der Waals surface area contributed by atoms with Crippen LogP contribution in [0.1, 0.15) is 15.9 Å². The Kier molecular flexibility index (Phi) is 4.62. The molecule has 0 aliphatic carbocycles. The monoisotopic (exact) mass is 381 g/mol. The largest absolute Gasteiger partial charge is 0.454 e. The van der Waals surface area contributed by atoms with Gasteiger partial charge in [-0.1, -0.05) is 17.7 Å². The van der Waals surface area contributed by atoms with Crippen LogP contribution in [0, 0.1) is 0 Å². The summed E-state index contributed by atoms with van der Waals surface area (Å²) < 4.78 is 34.1. The van der Waals surface area contributed by atoms with Crippen molar-refractivity contribution in [3.05, 3.63) is 52.5 Å². The summed E-state index contributed by atoms with van der Waals surface area (Å²) in [6.45, 7) is 0.527. The molecule has 132 valence electrons. The number of benzene rings is 2. The maximum atomic E-state index is 12.6. The van der Waals surface area contributed by atoms with Crippen LogP contribution in [0.5, 0.6) is 11.5 Å². The number of carbonyl (C=O) groups excluding carboxylic acids is 1. The van der Waals surface area contributed by atoms with E-state index in [1.807, 2.05) is 12.1 Å². The minimum absolute atomic E-state index is 0.0588. The van der Waals surface area contributed by atoms with E-state index in [2.05, 4.69) is 0 Å². The molecule has 0 aromatic heterocycles. The number of ether oxygens (including phenoxy) is 2. The van der Waals surface area contributed by atoms with Crippen LogP contribution in [0.2, 0.25) is 5.02 Å². The highest BCUT2D eigenvalue weighted by Gasteiger charge is 2.19. The SMILES string of the molecule is CN(Cc1ccc2c(c1)OCO2)C(=O)c1ccc(Cl)c(S(C)(=O)=O)c1. The molecule has 0 saturated heterocycles. The first-order valence-electron chi connectivity index (χ1n) is 7.39. The van der Waals surface area contributed by atoms with E-state index in [1.165, 1.54) is 23.1 Å². The van der Waals surface area contributed by atoms with Crippen molar-refractivity contribution >= 4 is 27.3 Å². The Morgan fingerprint density at radius 2 is 1.88 bits per heavy atom. The van der Waals surface area contributed by atoms with Crippen LogP contribution in [-0.2, 0) is 16.4 Å². The molecular weight excluding hydrogens is 366 g/mol. The summed E-state index contributed by atoms with van der Waals surface area (Å²) in [4.78, 5) is 14.0. The third-order valence-electron chi connectivity index (χ3n) is 3.78. The Labute approximate surface area is 150 Å². The molecule has 6 nitrogen and oxygen atoms in total. The van der Waals surface area contributed by atoms with E-state index in [9.17, 15) is 13.2 Å². The van der Waals surface area contributed by atoms with Gasteiger partial charge in [-0.05, 0) is 35.9 Å². The fourth-order valence-corrected chi connectivity index (χ4v) is 3.83. The predicted octanol–water partition coefficient (Wildman–Crippen LogP) is 2.74. The molecule has 3 rings (SSSR count). The normalized spacial score (nSPS) is 12.9. The average molecular weight is 382 g/mol. The van der Waals surface area contributed by atoms with Crippen molar-refractivity contribution in [1.29, 1.82) is 0 Å². The highest BCUT2D eigenvalue weighted by Crippen LogP contribution is 2.33. The van der Waals surface area contributed by atoms with E-state index >= 15 is 0 Å².